The molecule has 1 aliphatic heterocycles. The summed E-state index contributed by atoms with van der Waals surface area (Å²) in [7, 11) is 0. The van der Waals surface area contributed by atoms with Crippen LogP contribution < -0.4 is 10.2 Å². The van der Waals surface area contributed by atoms with Crippen molar-refractivity contribution >= 4 is 23.0 Å². The van der Waals surface area contributed by atoms with Crippen molar-refractivity contribution in [1.82, 2.24) is 9.97 Å². The first-order valence-corrected chi connectivity index (χ1v) is 9.08. The number of rotatable bonds is 4. The molecule has 1 aromatic heterocycles. The fraction of sp³-hybridized carbons (Fsp3) is 0.200. The molecule has 7 nitrogen and oxygen atoms in total. The maximum atomic E-state index is 12.7. The maximum Gasteiger partial charge on any atom is 0.416 e. The molecule has 0 saturated heterocycles. The third kappa shape index (κ3) is 3.88. The van der Waals surface area contributed by atoms with Gasteiger partial charge in [0.05, 0.1) is 10.5 Å². The molecule has 2 aromatic carbocycles. The number of fused-ring (bicyclic) bond motifs is 1. The van der Waals surface area contributed by atoms with E-state index in [1.807, 2.05) is 24.3 Å². The molecule has 0 amide bonds. The molecule has 0 spiro atoms. The molecular formula is C20H16F3N5O2. The Kier molecular flexibility index (Phi) is 4.98. The van der Waals surface area contributed by atoms with E-state index in [-0.39, 0.29) is 23.0 Å². The molecule has 0 aliphatic carbocycles. The zero-order chi connectivity index (χ0) is 21.3. The number of nitrogens with one attached hydrogen (secondary N) is 1. The van der Waals surface area contributed by atoms with Crippen LogP contribution in [-0.2, 0) is 19.1 Å². The number of halogens is 3. The lowest BCUT2D eigenvalue weighted by Gasteiger charge is -2.29. The van der Waals surface area contributed by atoms with E-state index in [0.29, 0.717) is 13.1 Å². The lowest BCUT2D eigenvalue weighted by molar-refractivity contribution is -0.383. The first kappa shape index (κ1) is 19.6. The molecule has 0 bridgehead atoms. The number of nitro groups is 1. The molecule has 1 N–H and O–H groups in total. The van der Waals surface area contributed by atoms with Crippen LogP contribution in [0.25, 0.3) is 0 Å². The van der Waals surface area contributed by atoms with Gasteiger partial charge in [0.1, 0.15) is 6.33 Å². The molecule has 4 rings (SSSR count). The van der Waals surface area contributed by atoms with Crippen molar-refractivity contribution in [3.63, 3.8) is 0 Å². The standard InChI is InChI=1S/C20H16F3N5O2/c21-20(22,23)15-5-7-16(8-6-15)26-18-17(28(29)30)19(25-12-24-18)27-10-9-13-3-1-2-4-14(13)11-27/h1-8,12H,9-11H2,(H,24,25,26). The molecule has 3 aromatic rings. The van der Waals surface area contributed by atoms with Crippen LogP contribution in [0.3, 0.4) is 0 Å². The van der Waals surface area contributed by atoms with Gasteiger partial charge in [-0.3, -0.25) is 10.1 Å². The van der Waals surface area contributed by atoms with Crippen LogP contribution in [0.1, 0.15) is 16.7 Å². The second kappa shape index (κ2) is 7.62. The maximum absolute atomic E-state index is 12.7. The molecule has 2 heterocycles. The van der Waals surface area contributed by atoms with Gasteiger partial charge in [-0.2, -0.15) is 13.2 Å². The van der Waals surface area contributed by atoms with E-state index in [9.17, 15) is 23.3 Å². The number of nitrogens with zero attached hydrogens (tertiary/aromatic N) is 4. The van der Waals surface area contributed by atoms with Gasteiger partial charge in [-0.15, -0.1) is 0 Å². The molecule has 30 heavy (non-hydrogen) atoms. The van der Waals surface area contributed by atoms with Crippen LogP contribution in [0.15, 0.2) is 54.9 Å². The van der Waals surface area contributed by atoms with Crippen LogP contribution in [0.5, 0.6) is 0 Å². The Bertz CT molecular complexity index is 1090. The van der Waals surface area contributed by atoms with Crippen molar-refractivity contribution in [2.45, 2.75) is 19.1 Å². The van der Waals surface area contributed by atoms with Crippen molar-refractivity contribution in [3.8, 4) is 0 Å². The van der Waals surface area contributed by atoms with E-state index in [1.54, 1.807) is 4.90 Å². The van der Waals surface area contributed by atoms with Crippen molar-refractivity contribution < 1.29 is 18.1 Å². The van der Waals surface area contributed by atoms with Crippen LogP contribution in [0.4, 0.5) is 36.2 Å². The molecule has 0 saturated carbocycles. The van der Waals surface area contributed by atoms with Crippen molar-refractivity contribution in [3.05, 3.63) is 81.7 Å². The minimum atomic E-state index is -4.46. The van der Waals surface area contributed by atoms with Crippen molar-refractivity contribution in [2.75, 3.05) is 16.8 Å². The van der Waals surface area contributed by atoms with Gasteiger partial charge in [0.15, 0.2) is 0 Å². The summed E-state index contributed by atoms with van der Waals surface area (Å²) in [5.74, 6) is 0.0857. The topological polar surface area (TPSA) is 84.2 Å². The van der Waals surface area contributed by atoms with Crippen LogP contribution in [0, 0.1) is 10.1 Å². The molecule has 154 valence electrons. The lowest BCUT2D eigenvalue weighted by Crippen LogP contribution is -2.31. The van der Waals surface area contributed by atoms with Crippen LogP contribution in [0.2, 0.25) is 0 Å². The van der Waals surface area contributed by atoms with E-state index in [4.69, 9.17) is 0 Å². The van der Waals surface area contributed by atoms with E-state index in [2.05, 4.69) is 15.3 Å². The van der Waals surface area contributed by atoms with Gasteiger partial charge in [0.25, 0.3) is 0 Å². The monoisotopic (exact) mass is 415 g/mol. The molecule has 10 heteroatoms. The number of hydrogen-bond donors (Lipinski definition) is 1. The third-order valence-corrected chi connectivity index (χ3v) is 4.89. The predicted octanol–water partition coefficient (Wildman–Crippen LogP) is 4.71. The van der Waals surface area contributed by atoms with E-state index in [0.717, 1.165) is 24.1 Å². The van der Waals surface area contributed by atoms with Crippen molar-refractivity contribution in [1.29, 1.82) is 0 Å². The fourth-order valence-electron chi connectivity index (χ4n) is 3.42. The summed E-state index contributed by atoms with van der Waals surface area (Å²) >= 11 is 0. The summed E-state index contributed by atoms with van der Waals surface area (Å²) in [5.41, 5.74) is 1.37. The molecule has 0 fully saturated rings. The third-order valence-electron chi connectivity index (χ3n) is 4.89. The van der Waals surface area contributed by atoms with Crippen LogP contribution in [-0.4, -0.2) is 21.4 Å². The number of anilines is 3. The Labute approximate surface area is 169 Å². The molecule has 0 unspecified atom stereocenters. The predicted molar refractivity (Wildman–Crippen MR) is 105 cm³/mol. The Morgan fingerprint density at radius 2 is 1.73 bits per heavy atom. The number of alkyl halides is 3. The van der Waals surface area contributed by atoms with Gasteiger partial charge >= 0.3 is 11.9 Å². The van der Waals surface area contributed by atoms with Gasteiger partial charge in [-0.25, -0.2) is 9.97 Å². The Hall–Kier alpha value is -3.69. The molecular weight excluding hydrogens is 399 g/mol. The first-order valence-electron chi connectivity index (χ1n) is 9.08. The fourth-order valence-corrected chi connectivity index (χ4v) is 3.42. The summed E-state index contributed by atoms with van der Waals surface area (Å²) in [6.45, 7) is 1.02. The summed E-state index contributed by atoms with van der Waals surface area (Å²) < 4.78 is 38.2. The average Bonchev–Trinajstić information content (AvgIpc) is 2.73. The zero-order valence-electron chi connectivity index (χ0n) is 15.6. The Morgan fingerprint density at radius 3 is 2.40 bits per heavy atom. The molecule has 1 aliphatic rings. The second-order valence-corrected chi connectivity index (χ2v) is 6.79. The summed E-state index contributed by atoms with van der Waals surface area (Å²) in [4.78, 5) is 21.1. The van der Waals surface area contributed by atoms with E-state index < -0.39 is 16.7 Å². The molecule has 0 atom stereocenters. The summed E-state index contributed by atoms with van der Waals surface area (Å²) in [6, 6.07) is 12.1. The highest BCUT2D eigenvalue weighted by Crippen LogP contribution is 2.36. The summed E-state index contributed by atoms with van der Waals surface area (Å²) in [6.07, 6.45) is -2.54. The highest BCUT2D eigenvalue weighted by molar-refractivity contribution is 5.74. The quantitative estimate of drug-likeness (QED) is 0.491. The Balaban J connectivity index is 1.65. The largest absolute Gasteiger partial charge is 0.416 e. The van der Waals surface area contributed by atoms with Crippen LogP contribution >= 0.6 is 0 Å². The minimum Gasteiger partial charge on any atom is -0.346 e. The second-order valence-electron chi connectivity index (χ2n) is 6.79. The van der Waals surface area contributed by atoms with Gasteiger partial charge in [-0.05, 0) is 41.8 Å². The van der Waals surface area contributed by atoms with Gasteiger partial charge < -0.3 is 10.2 Å². The number of benzene rings is 2. The van der Waals surface area contributed by atoms with Gasteiger partial charge in [-0.1, -0.05) is 24.3 Å². The smallest absolute Gasteiger partial charge is 0.346 e. The first-order chi connectivity index (χ1) is 14.3. The number of aromatic nitrogens is 2. The zero-order valence-corrected chi connectivity index (χ0v) is 15.6. The van der Waals surface area contributed by atoms with Crippen molar-refractivity contribution in [2.24, 2.45) is 0 Å². The summed E-state index contributed by atoms with van der Waals surface area (Å²) in [5, 5.41) is 14.6. The molecule has 0 radical (unpaired) electrons. The lowest BCUT2D eigenvalue weighted by atomic mass is 10.00. The van der Waals surface area contributed by atoms with E-state index >= 15 is 0 Å². The van der Waals surface area contributed by atoms with E-state index in [1.165, 1.54) is 24.0 Å². The van der Waals surface area contributed by atoms with Gasteiger partial charge in [0, 0.05) is 18.8 Å². The minimum absolute atomic E-state index is 0.0800. The van der Waals surface area contributed by atoms with Gasteiger partial charge in [0.2, 0.25) is 11.6 Å². The normalized spacial score (nSPS) is 13.6. The highest BCUT2D eigenvalue weighted by atomic mass is 19.4. The average molecular weight is 415 g/mol. The SMILES string of the molecule is O=[N+]([O-])c1c(Nc2ccc(C(F)(F)F)cc2)ncnc1N1CCc2ccccc2C1. The highest BCUT2D eigenvalue weighted by Gasteiger charge is 2.31. The number of hydrogen-bond acceptors (Lipinski definition) is 6. The Morgan fingerprint density at radius 1 is 1.03 bits per heavy atom.